The van der Waals surface area contributed by atoms with Gasteiger partial charge in [-0.15, -0.1) is 0 Å². The molecule has 0 radical (unpaired) electrons. The van der Waals surface area contributed by atoms with Crippen LogP contribution in [0.15, 0.2) is 18.2 Å². The van der Waals surface area contributed by atoms with E-state index in [-0.39, 0.29) is 11.4 Å². The van der Waals surface area contributed by atoms with E-state index >= 15 is 0 Å². The van der Waals surface area contributed by atoms with Gasteiger partial charge in [-0.2, -0.15) is 0 Å². The topological polar surface area (TPSA) is 53.1 Å². The van der Waals surface area contributed by atoms with Gasteiger partial charge in [-0.3, -0.25) is 5.41 Å². The number of anilines is 1. The first-order valence-electron chi connectivity index (χ1n) is 6.99. The van der Waals surface area contributed by atoms with Crippen LogP contribution in [0, 0.1) is 11.2 Å². The van der Waals surface area contributed by atoms with Crippen molar-refractivity contribution in [3.8, 4) is 0 Å². The van der Waals surface area contributed by atoms with E-state index < -0.39 is 5.82 Å². The van der Waals surface area contributed by atoms with Crippen molar-refractivity contribution >= 4 is 11.5 Å². The molecule has 0 aliphatic heterocycles. The molecule has 19 heavy (non-hydrogen) atoms. The number of halogens is 1. The van der Waals surface area contributed by atoms with E-state index in [0.717, 1.165) is 44.5 Å². The molecule has 0 atom stereocenters. The average molecular weight is 265 g/mol. The fraction of sp³-hybridized carbons (Fsp3) is 0.533. The van der Waals surface area contributed by atoms with Crippen LogP contribution in [0.1, 0.15) is 45.1 Å². The van der Waals surface area contributed by atoms with Gasteiger partial charge in [0.15, 0.2) is 0 Å². The van der Waals surface area contributed by atoms with Crippen molar-refractivity contribution in [2.24, 2.45) is 5.73 Å². The lowest BCUT2D eigenvalue weighted by Gasteiger charge is -2.27. The molecule has 0 unspecified atom stereocenters. The zero-order chi connectivity index (χ0) is 14.3. The predicted molar refractivity (Wildman–Crippen MR) is 79.4 cm³/mol. The predicted octanol–water partition coefficient (Wildman–Crippen LogP) is 3.52. The second-order valence-corrected chi connectivity index (χ2v) is 4.74. The first-order valence-corrected chi connectivity index (χ1v) is 6.99. The maximum absolute atomic E-state index is 13.9. The van der Waals surface area contributed by atoms with E-state index in [2.05, 4.69) is 18.7 Å². The monoisotopic (exact) mass is 265 g/mol. The zero-order valence-electron chi connectivity index (χ0n) is 11.9. The van der Waals surface area contributed by atoms with Gasteiger partial charge in [-0.05, 0) is 25.0 Å². The molecule has 0 aliphatic carbocycles. The SMILES string of the molecule is CCCCN(CCCC)c1cccc(F)c1C(=N)N. The number of unbranched alkanes of at least 4 members (excludes halogenated alkanes) is 2. The fourth-order valence-corrected chi connectivity index (χ4v) is 2.09. The standard InChI is InChI=1S/C15H24FN3/c1-3-5-10-19(11-6-4-2)13-9-7-8-12(16)14(13)15(17)18/h7-9H,3-6,10-11H2,1-2H3,(H3,17,18). The minimum atomic E-state index is -0.414. The third-order valence-corrected chi connectivity index (χ3v) is 3.16. The Morgan fingerprint density at radius 1 is 1.21 bits per heavy atom. The Balaban J connectivity index is 3.06. The van der Waals surface area contributed by atoms with Crippen molar-refractivity contribution in [1.29, 1.82) is 5.41 Å². The van der Waals surface area contributed by atoms with Crippen molar-refractivity contribution in [1.82, 2.24) is 0 Å². The third kappa shape index (κ3) is 4.23. The Hall–Kier alpha value is -1.58. The van der Waals surface area contributed by atoms with Crippen molar-refractivity contribution in [3.05, 3.63) is 29.6 Å². The maximum atomic E-state index is 13.9. The molecule has 0 heterocycles. The molecular weight excluding hydrogens is 241 g/mol. The summed E-state index contributed by atoms with van der Waals surface area (Å²) in [5.41, 5.74) is 6.50. The molecule has 0 amide bonds. The largest absolute Gasteiger partial charge is 0.384 e. The molecule has 1 aromatic rings. The van der Waals surface area contributed by atoms with Crippen molar-refractivity contribution < 1.29 is 4.39 Å². The summed E-state index contributed by atoms with van der Waals surface area (Å²) in [6.07, 6.45) is 4.29. The maximum Gasteiger partial charge on any atom is 0.136 e. The number of hydrogen-bond acceptors (Lipinski definition) is 2. The summed E-state index contributed by atoms with van der Waals surface area (Å²) >= 11 is 0. The Kier molecular flexibility index (Phi) is 6.33. The van der Waals surface area contributed by atoms with E-state index in [1.807, 2.05) is 6.07 Å². The van der Waals surface area contributed by atoms with Crippen LogP contribution in [0.5, 0.6) is 0 Å². The second-order valence-electron chi connectivity index (χ2n) is 4.74. The van der Waals surface area contributed by atoms with Gasteiger partial charge < -0.3 is 10.6 Å². The molecule has 0 bridgehead atoms. The molecule has 0 saturated carbocycles. The third-order valence-electron chi connectivity index (χ3n) is 3.16. The molecular formula is C15H24FN3. The van der Waals surface area contributed by atoms with Crippen LogP contribution in [0.4, 0.5) is 10.1 Å². The lowest BCUT2D eigenvalue weighted by molar-refractivity contribution is 0.620. The minimum absolute atomic E-state index is 0.203. The first-order chi connectivity index (χ1) is 9.11. The van der Waals surface area contributed by atoms with E-state index in [1.54, 1.807) is 6.07 Å². The number of nitrogen functional groups attached to an aromatic ring is 1. The number of nitrogens with zero attached hydrogens (tertiary/aromatic N) is 1. The van der Waals surface area contributed by atoms with Crippen LogP contribution in [-0.2, 0) is 0 Å². The Morgan fingerprint density at radius 2 is 1.79 bits per heavy atom. The number of hydrogen-bond donors (Lipinski definition) is 2. The van der Waals surface area contributed by atoms with Crippen LogP contribution in [-0.4, -0.2) is 18.9 Å². The van der Waals surface area contributed by atoms with Gasteiger partial charge in [0, 0.05) is 13.1 Å². The number of amidine groups is 1. The average Bonchev–Trinajstić information content (AvgIpc) is 2.38. The summed E-state index contributed by atoms with van der Waals surface area (Å²) in [6, 6.07) is 4.89. The molecule has 0 saturated heterocycles. The normalized spacial score (nSPS) is 10.5. The highest BCUT2D eigenvalue weighted by Gasteiger charge is 2.16. The van der Waals surface area contributed by atoms with Gasteiger partial charge in [0.2, 0.25) is 0 Å². The highest BCUT2D eigenvalue weighted by Crippen LogP contribution is 2.23. The molecule has 0 aromatic heterocycles. The molecule has 0 fully saturated rings. The lowest BCUT2D eigenvalue weighted by Crippen LogP contribution is -2.29. The summed E-state index contributed by atoms with van der Waals surface area (Å²) in [5, 5.41) is 7.58. The summed E-state index contributed by atoms with van der Waals surface area (Å²) in [4.78, 5) is 2.15. The first kappa shape index (κ1) is 15.5. The van der Waals surface area contributed by atoms with Crippen LogP contribution < -0.4 is 10.6 Å². The fourth-order valence-electron chi connectivity index (χ4n) is 2.09. The van der Waals surface area contributed by atoms with Crippen molar-refractivity contribution in [2.75, 3.05) is 18.0 Å². The summed E-state index contributed by atoms with van der Waals surface area (Å²) in [6.45, 7) is 6.02. The molecule has 4 heteroatoms. The van der Waals surface area contributed by atoms with Crippen molar-refractivity contribution in [3.63, 3.8) is 0 Å². The second kappa shape index (κ2) is 7.77. The van der Waals surface area contributed by atoms with Crippen molar-refractivity contribution in [2.45, 2.75) is 39.5 Å². The summed E-state index contributed by atoms with van der Waals surface area (Å²) < 4.78 is 13.9. The number of rotatable bonds is 8. The summed E-state index contributed by atoms with van der Waals surface area (Å²) in [7, 11) is 0. The van der Waals surface area contributed by atoms with Crippen LogP contribution in [0.3, 0.4) is 0 Å². The quantitative estimate of drug-likeness (QED) is 0.558. The molecule has 0 aliphatic rings. The van der Waals surface area contributed by atoms with E-state index in [9.17, 15) is 4.39 Å². The highest BCUT2D eigenvalue weighted by atomic mass is 19.1. The molecule has 3 nitrogen and oxygen atoms in total. The van der Waals surface area contributed by atoms with Gasteiger partial charge in [-0.25, -0.2) is 4.39 Å². The van der Waals surface area contributed by atoms with Gasteiger partial charge in [0.25, 0.3) is 0 Å². The number of nitrogens with one attached hydrogen (secondary N) is 1. The van der Waals surface area contributed by atoms with Crippen LogP contribution in [0.25, 0.3) is 0 Å². The van der Waals surface area contributed by atoms with Gasteiger partial charge in [0.05, 0.1) is 11.3 Å². The Labute approximate surface area is 115 Å². The van der Waals surface area contributed by atoms with E-state index in [4.69, 9.17) is 11.1 Å². The van der Waals surface area contributed by atoms with Gasteiger partial charge >= 0.3 is 0 Å². The molecule has 106 valence electrons. The van der Waals surface area contributed by atoms with Crippen LogP contribution in [0.2, 0.25) is 0 Å². The summed E-state index contributed by atoms with van der Waals surface area (Å²) in [5.74, 6) is -0.617. The molecule has 3 N–H and O–H groups in total. The minimum Gasteiger partial charge on any atom is -0.384 e. The molecule has 0 spiro atoms. The molecule has 1 aromatic carbocycles. The lowest BCUT2D eigenvalue weighted by atomic mass is 10.1. The Bertz CT molecular complexity index is 410. The Morgan fingerprint density at radius 3 is 2.26 bits per heavy atom. The zero-order valence-corrected chi connectivity index (χ0v) is 11.9. The molecule has 1 rings (SSSR count). The van der Waals surface area contributed by atoms with Gasteiger partial charge in [0.1, 0.15) is 11.7 Å². The highest BCUT2D eigenvalue weighted by molar-refractivity contribution is 6.00. The van der Waals surface area contributed by atoms with Gasteiger partial charge in [-0.1, -0.05) is 32.8 Å². The van der Waals surface area contributed by atoms with E-state index in [1.165, 1.54) is 6.07 Å². The smallest absolute Gasteiger partial charge is 0.136 e. The number of nitrogens with two attached hydrogens (primary N) is 1. The van der Waals surface area contributed by atoms with Crippen LogP contribution >= 0.6 is 0 Å². The van der Waals surface area contributed by atoms with E-state index in [0.29, 0.717) is 0 Å². The number of benzene rings is 1.